The number of anilines is 1. The number of morpholine rings is 1. The van der Waals surface area contributed by atoms with E-state index in [1.807, 2.05) is 17.9 Å². The van der Waals surface area contributed by atoms with Crippen LogP contribution in [0.1, 0.15) is 12.0 Å². The number of ether oxygens (including phenoxy) is 1. The molecule has 0 spiro atoms. The van der Waals surface area contributed by atoms with Gasteiger partial charge in [-0.3, -0.25) is 9.59 Å². The van der Waals surface area contributed by atoms with Crippen LogP contribution in [0.3, 0.4) is 0 Å². The van der Waals surface area contributed by atoms with E-state index in [4.69, 9.17) is 16.3 Å². The van der Waals surface area contributed by atoms with E-state index in [0.717, 1.165) is 18.7 Å². The van der Waals surface area contributed by atoms with Crippen molar-refractivity contribution in [2.24, 2.45) is 4.99 Å². The molecule has 1 aromatic rings. The third kappa shape index (κ3) is 4.09. The fraction of sp³-hybridized carbons (Fsp3) is 0.438. The van der Waals surface area contributed by atoms with Gasteiger partial charge in [-0.2, -0.15) is 4.99 Å². The Kier molecular flexibility index (Phi) is 5.43. The predicted molar refractivity (Wildman–Crippen MR) is 95.6 cm³/mol. The predicted octanol–water partition coefficient (Wildman–Crippen LogP) is 2.31. The topological polar surface area (TPSA) is 71.0 Å². The number of carbonyl (C=O) groups excluding carboxylic acids is 2. The Morgan fingerprint density at radius 2 is 2.21 bits per heavy atom. The van der Waals surface area contributed by atoms with Gasteiger partial charge in [0.25, 0.3) is 5.91 Å². The van der Waals surface area contributed by atoms with Crippen LogP contribution in [-0.2, 0) is 14.3 Å². The summed E-state index contributed by atoms with van der Waals surface area (Å²) in [6.07, 6.45) is 0.0896. The van der Waals surface area contributed by atoms with Gasteiger partial charge in [0, 0.05) is 30.2 Å². The lowest BCUT2D eigenvalue weighted by molar-refractivity contribution is -0.121. The van der Waals surface area contributed by atoms with Crippen molar-refractivity contribution in [1.29, 1.82) is 0 Å². The molecule has 0 saturated carbocycles. The van der Waals surface area contributed by atoms with Crippen LogP contribution >= 0.6 is 23.4 Å². The molecule has 1 N–H and O–H groups in total. The largest absolute Gasteiger partial charge is 0.378 e. The summed E-state index contributed by atoms with van der Waals surface area (Å²) >= 11 is 7.41. The summed E-state index contributed by atoms with van der Waals surface area (Å²) in [5, 5.41) is 3.60. The summed E-state index contributed by atoms with van der Waals surface area (Å²) in [6, 6.07) is 5.33. The Balaban J connectivity index is 1.55. The lowest BCUT2D eigenvalue weighted by Gasteiger charge is -2.27. The number of benzene rings is 1. The van der Waals surface area contributed by atoms with Crippen LogP contribution in [0.2, 0.25) is 5.02 Å². The molecule has 1 aromatic carbocycles. The van der Waals surface area contributed by atoms with Gasteiger partial charge in [-0.15, -0.1) is 0 Å². The zero-order valence-electron chi connectivity index (χ0n) is 13.3. The molecule has 0 radical (unpaired) electrons. The molecule has 3 rings (SSSR count). The minimum absolute atomic E-state index is 0.0896. The number of hydrogen-bond donors (Lipinski definition) is 1. The molecule has 2 amide bonds. The van der Waals surface area contributed by atoms with Crippen molar-refractivity contribution in [2.75, 3.05) is 31.6 Å². The van der Waals surface area contributed by atoms with Crippen molar-refractivity contribution < 1.29 is 14.3 Å². The van der Waals surface area contributed by atoms with Crippen LogP contribution in [0.4, 0.5) is 5.69 Å². The molecular formula is C16H18ClN3O3S. The number of amides is 2. The number of nitrogens with zero attached hydrogens (tertiary/aromatic N) is 2. The van der Waals surface area contributed by atoms with Crippen molar-refractivity contribution in [3.8, 4) is 0 Å². The Bertz CT molecular complexity index is 689. The van der Waals surface area contributed by atoms with Crippen LogP contribution in [0.5, 0.6) is 0 Å². The summed E-state index contributed by atoms with van der Waals surface area (Å²) in [5.41, 5.74) is 1.57. The van der Waals surface area contributed by atoms with Crippen molar-refractivity contribution in [1.82, 2.24) is 4.90 Å². The standard InChI is InChI=1S/C16H18ClN3O3S/c1-10-2-3-11(8-12(10)17)18-14(21)9-13-15(22)19-16(24-13)20-4-6-23-7-5-20/h2-3,8,13H,4-7,9H2,1H3,(H,18,21)/t13-/m0/s1. The van der Waals surface area contributed by atoms with Gasteiger partial charge in [0.2, 0.25) is 5.91 Å². The molecule has 1 atom stereocenters. The molecule has 0 unspecified atom stereocenters. The van der Waals surface area contributed by atoms with Gasteiger partial charge in [-0.05, 0) is 24.6 Å². The summed E-state index contributed by atoms with van der Waals surface area (Å²) in [6.45, 7) is 4.60. The van der Waals surface area contributed by atoms with E-state index in [1.54, 1.807) is 12.1 Å². The average molecular weight is 368 g/mol. The van der Waals surface area contributed by atoms with Gasteiger partial charge in [-0.25, -0.2) is 0 Å². The third-order valence-corrected chi connectivity index (χ3v) is 5.46. The van der Waals surface area contributed by atoms with Crippen molar-refractivity contribution >= 4 is 46.0 Å². The molecule has 0 bridgehead atoms. The summed E-state index contributed by atoms with van der Waals surface area (Å²) < 4.78 is 5.30. The van der Waals surface area contributed by atoms with E-state index >= 15 is 0 Å². The normalized spacial score (nSPS) is 20.9. The maximum atomic E-state index is 12.2. The number of amidine groups is 1. The van der Waals surface area contributed by atoms with E-state index in [1.165, 1.54) is 11.8 Å². The molecule has 24 heavy (non-hydrogen) atoms. The van der Waals surface area contributed by atoms with Crippen LogP contribution in [0, 0.1) is 6.92 Å². The van der Waals surface area contributed by atoms with Crippen LogP contribution in [-0.4, -0.2) is 53.4 Å². The number of thioether (sulfide) groups is 1. The second kappa shape index (κ2) is 7.55. The van der Waals surface area contributed by atoms with Gasteiger partial charge >= 0.3 is 0 Å². The molecule has 0 aliphatic carbocycles. The van der Waals surface area contributed by atoms with Gasteiger partial charge < -0.3 is 15.0 Å². The molecule has 0 aromatic heterocycles. The van der Waals surface area contributed by atoms with E-state index in [-0.39, 0.29) is 18.2 Å². The molecule has 1 saturated heterocycles. The maximum absolute atomic E-state index is 12.2. The Hall–Kier alpha value is -1.57. The van der Waals surface area contributed by atoms with Crippen LogP contribution in [0.15, 0.2) is 23.2 Å². The number of nitrogens with one attached hydrogen (secondary N) is 1. The molecule has 2 heterocycles. The summed E-state index contributed by atoms with van der Waals surface area (Å²) in [5.74, 6) is -0.474. The lowest BCUT2D eigenvalue weighted by Crippen LogP contribution is -2.39. The number of aryl methyl sites for hydroxylation is 1. The fourth-order valence-corrected chi connectivity index (χ4v) is 3.75. The van der Waals surface area contributed by atoms with E-state index in [0.29, 0.717) is 29.1 Å². The minimum atomic E-state index is -0.469. The molecule has 128 valence electrons. The molecule has 2 aliphatic heterocycles. The Morgan fingerprint density at radius 3 is 2.92 bits per heavy atom. The molecule has 8 heteroatoms. The summed E-state index contributed by atoms with van der Waals surface area (Å²) in [7, 11) is 0. The molecular weight excluding hydrogens is 350 g/mol. The fourth-order valence-electron chi connectivity index (χ4n) is 2.45. The van der Waals surface area contributed by atoms with Gasteiger partial charge in [0.1, 0.15) is 5.25 Å². The smallest absolute Gasteiger partial charge is 0.262 e. The number of hydrogen-bond acceptors (Lipinski definition) is 5. The number of carbonyl (C=O) groups is 2. The lowest BCUT2D eigenvalue weighted by atomic mass is 10.2. The monoisotopic (exact) mass is 367 g/mol. The van der Waals surface area contributed by atoms with E-state index in [9.17, 15) is 9.59 Å². The number of aliphatic imine (C=N–C) groups is 1. The first-order valence-corrected chi connectivity index (χ1v) is 8.96. The third-order valence-electron chi connectivity index (χ3n) is 3.84. The number of halogens is 1. The SMILES string of the molecule is Cc1ccc(NC(=O)C[C@@H]2SC(N3CCOCC3)=NC2=O)cc1Cl. The van der Waals surface area contributed by atoms with E-state index < -0.39 is 5.25 Å². The van der Waals surface area contributed by atoms with Gasteiger partial charge in [0.15, 0.2) is 5.17 Å². The van der Waals surface area contributed by atoms with Crippen LogP contribution in [0.25, 0.3) is 0 Å². The van der Waals surface area contributed by atoms with Crippen molar-refractivity contribution in [2.45, 2.75) is 18.6 Å². The molecule has 2 aliphatic rings. The summed E-state index contributed by atoms with van der Waals surface area (Å²) in [4.78, 5) is 30.4. The highest BCUT2D eigenvalue weighted by Gasteiger charge is 2.33. The van der Waals surface area contributed by atoms with Gasteiger partial charge in [0.05, 0.1) is 13.2 Å². The first-order chi connectivity index (χ1) is 11.5. The zero-order chi connectivity index (χ0) is 17.1. The van der Waals surface area contributed by atoms with Crippen molar-refractivity contribution in [3.63, 3.8) is 0 Å². The second-order valence-corrected chi connectivity index (χ2v) is 7.23. The van der Waals surface area contributed by atoms with Crippen LogP contribution < -0.4 is 5.32 Å². The first-order valence-electron chi connectivity index (χ1n) is 7.71. The number of rotatable bonds is 3. The second-order valence-electron chi connectivity index (χ2n) is 5.65. The highest BCUT2D eigenvalue weighted by molar-refractivity contribution is 8.15. The Labute approximate surface area is 149 Å². The average Bonchev–Trinajstić information content (AvgIpc) is 2.93. The highest BCUT2D eigenvalue weighted by Crippen LogP contribution is 2.28. The highest BCUT2D eigenvalue weighted by atomic mass is 35.5. The van der Waals surface area contributed by atoms with Crippen molar-refractivity contribution in [3.05, 3.63) is 28.8 Å². The Morgan fingerprint density at radius 1 is 1.46 bits per heavy atom. The quantitative estimate of drug-likeness (QED) is 0.887. The zero-order valence-corrected chi connectivity index (χ0v) is 14.8. The van der Waals surface area contributed by atoms with Gasteiger partial charge in [-0.1, -0.05) is 29.4 Å². The molecule has 1 fully saturated rings. The first kappa shape index (κ1) is 17.3. The van der Waals surface area contributed by atoms with E-state index in [2.05, 4.69) is 10.3 Å². The maximum Gasteiger partial charge on any atom is 0.262 e. The minimum Gasteiger partial charge on any atom is -0.378 e. The molecule has 6 nitrogen and oxygen atoms in total.